The van der Waals surface area contributed by atoms with Crippen LogP contribution < -0.4 is 0 Å². The number of rotatable bonds is 4. The van der Waals surface area contributed by atoms with Crippen molar-refractivity contribution in [3.8, 4) is 33.6 Å². The minimum atomic E-state index is -0.745. The molecule has 2 nitrogen and oxygen atoms in total. The van der Waals surface area contributed by atoms with Crippen molar-refractivity contribution in [3.05, 3.63) is 181 Å². The molecule has 3 heterocycles. The molecule has 238 valence electrons. The number of benzene rings is 8. The van der Waals surface area contributed by atoms with Gasteiger partial charge in [-0.3, -0.25) is 0 Å². The van der Waals surface area contributed by atoms with Crippen molar-refractivity contribution in [2.24, 2.45) is 0 Å². The second kappa shape index (κ2) is 11.0. The van der Waals surface area contributed by atoms with Crippen molar-refractivity contribution < 1.29 is 30.2 Å². The molecule has 0 bridgehead atoms. The van der Waals surface area contributed by atoms with Crippen molar-refractivity contribution in [1.29, 1.82) is 0 Å². The van der Waals surface area contributed by atoms with Crippen LogP contribution in [0.2, 0.25) is 0 Å². The Kier molecular flexibility index (Phi) is 3.13. The average Bonchev–Trinajstić information content (AvgIpc) is 4.07. The van der Waals surface area contributed by atoms with Crippen LogP contribution in [0.3, 0.4) is 0 Å². The molecule has 0 aliphatic rings. The summed E-state index contributed by atoms with van der Waals surface area (Å²) in [4.78, 5) is 0. The second-order valence-electron chi connectivity index (χ2n) is 11.6. The van der Waals surface area contributed by atoms with Gasteiger partial charge in [-0.25, -0.2) is 0 Å². The highest BCUT2D eigenvalue weighted by atomic mass is 32.1. The first kappa shape index (κ1) is 14.4. The molecule has 0 aliphatic carbocycles. The van der Waals surface area contributed by atoms with Gasteiger partial charge in [0.25, 0.3) is 0 Å². The van der Waals surface area contributed by atoms with E-state index in [9.17, 15) is 11.0 Å². The number of fused-ring (bicyclic) bond motifs is 9. The predicted molar refractivity (Wildman–Crippen MR) is 219 cm³/mol. The maximum atomic E-state index is 9.94. The quantitative estimate of drug-likeness (QED) is 0.174. The molecule has 8 aromatic carbocycles. The van der Waals surface area contributed by atoms with Crippen LogP contribution in [0.4, 0.5) is 0 Å². The van der Waals surface area contributed by atoms with Crippen molar-refractivity contribution in [3.63, 3.8) is 0 Å². The summed E-state index contributed by atoms with van der Waals surface area (Å²) in [6, 6.07) is -1.11. The monoisotopic (exact) mass is 688 g/mol. The Labute approximate surface area is 329 Å². The van der Waals surface area contributed by atoms with Crippen molar-refractivity contribution in [1.82, 2.24) is 9.13 Å². The van der Waals surface area contributed by atoms with Gasteiger partial charge in [0.2, 0.25) is 0 Å². The summed E-state index contributed by atoms with van der Waals surface area (Å²) >= 11 is 0.788. The first-order chi connectivity index (χ1) is 34.5. The van der Waals surface area contributed by atoms with E-state index in [1.54, 1.807) is 30.3 Å². The molecule has 11 aromatic rings. The zero-order chi connectivity index (χ0) is 52.6. The summed E-state index contributed by atoms with van der Waals surface area (Å²) < 4.78 is 202. The highest BCUT2D eigenvalue weighted by Gasteiger charge is 2.19. The molecule has 0 unspecified atom stereocenters. The van der Waals surface area contributed by atoms with Crippen LogP contribution in [-0.4, -0.2) is 9.13 Å². The van der Waals surface area contributed by atoms with Crippen LogP contribution in [0.1, 0.15) is 30.2 Å². The number of hydrogen-bond acceptors (Lipinski definition) is 1. The smallest absolute Gasteiger partial charge is 0.0645 e. The minimum absolute atomic E-state index is 0.0102. The summed E-state index contributed by atoms with van der Waals surface area (Å²) in [6.07, 6.45) is 0. The molecule has 0 N–H and O–H groups in total. The van der Waals surface area contributed by atoms with Crippen molar-refractivity contribution in [2.45, 2.75) is 0 Å². The minimum Gasteiger partial charge on any atom is -0.309 e. The van der Waals surface area contributed by atoms with Gasteiger partial charge in [0, 0.05) is 42.7 Å². The Hall–Kier alpha value is -6.42. The van der Waals surface area contributed by atoms with Crippen molar-refractivity contribution >= 4 is 75.1 Å². The van der Waals surface area contributed by atoms with Crippen LogP contribution in [-0.2, 0) is 0 Å². The average molecular weight is 689 g/mol. The summed E-state index contributed by atoms with van der Waals surface area (Å²) in [5, 5.41) is -1.12. The van der Waals surface area contributed by atoms with Gasteiger partial charge in [0.15, 0.2) is 0 Å². The molecule has 0 fully saturated rings. The lowest BCUT2D eigenvalue weighted by Crippen LogP contribution is -1.94. The van der Waals surface area contributed by atoms with Crippen LogP contribution >= 0.6 is 11.3 Å². The fraction of sp³-hybridized carbons (Fsp3) is 0. The molecule has 0 saturated heterocycles. The third kappa shape index (κ3) is 4.22. The van der Waals surface area contributed by atoms with Gasteiger partial charge in [0.1, 0.15) is 0 Å². The van der Waals surface area contributed by atoms with E-state index in [2.05, 4.69) is 0 Å². The standard InChI is InChI=1S/C48H30N2S/c1-3-13-31(14-4-1)35-19-12-24-46-47(35)38-20-11-23-45(48(38)51-46)50-42-22-10-8-18-37(42)40-30-33(26-28-44(40)50)32-25-27-43-39(29-32)36-17-7-9-21-41(36)49(43)34-15-5-2-6-16-34/h1-30H/i1D,3D,4D,7D,8D,9D,10D,11D,12D,13D,17D,18D,19D,20D,21D,22D,24D,26D,27D,28D,29D,30D. The first-order valence-corrected chi connectivity index (χ1v) is 16.5. The summed E-state index contributed by atoms with van der Waals surface area (Å²) in [5.41, 5.74) is -1.65. The summed E-state index contributed by atoms with van der Waals surface area (Å²) in [5.74, 6) is 0. The maximum Gasteiger partial charge on any atom is 0.0645 e. The molecule has 0 spiro atoms. The highest BCUT2D eigenvalue weighted by Crippen LogP contribution is 2.45. The van der Waals surface area contributed by atoms with E-state index in [-0.39, 0.29) is 92.2 Å². The summed E-state index contributed by atoms with van der Waals surface area (Å²) in [6.45, 7) is 0. The second-order valence-corrected chi connectivity index (χ2v) is 12.6. The zero-order valence-corrected chi connectivity index (χ0v) is 26.7. The van der Waals surface area contributed by atoms with Gasteiger partial charge in [-0.15, -0.1) is 11.3 Å². The van der Waals surface area contributed by atoms with Crippen LogP contribution in [0.15, 0.2) is 181 Å². The lowest BCUT2D eigenvalue weighted by Gasteiger charge is -2.10. The first-order valence-electron chi connectivity index (χ1n) is 26.6. The lowest BCUT2D eigenvalue weighted by molar-refractivity contribution is 1.18. The van der Waals surface area contributed by atoms with Crippen molar-refractivity contribution in [2.75, 3.05) is 0 Å². The number of aromatic nitrogens is 2. The Bertz CT molecular complexity index is 4400. The van der Waals surface area contributed by atoms with Gasteiger partial charge in [-0.1, -0.05) is 121 Å². The molecule has 0 amide bonds. The Morgan fingerprint density at radius 3 is 1.98 bits per heavy atom. The topological polar surface area (TPSA) is 9.86 Å². The molecular weight excluding hydrogens is 637 g/mol. The third-order valence-corrected chi connectivity index (χ3v) is 10.0. The fourth-order valence-corrected chi connectivity index (χ4v) is 7.84. The van der Waals surface area contributed by atoms with Gasteiger partial charge < -0.3 is 9.13 Å². The molecule has 0 aliphatic heterocycles. The molecule has 51 heavy (non-hydrogen) atoms. The van der Waals surface area contributed by atoms with Gasteiger partial charge in [-0.05, 0) is 82.7 Å². The highest BCUT2D eigenvalue weighted by molar-refractivity contribution is 7.26. The van der Waals surface area contributed by atoms with E-state index in [1.165, 1.54) is 10.6 Å². The Balaban J connectivity index is 1.31. The molecule has 11 rings (SSSR count). The van der Waals surface area contributed by atoms with Gasteiger partial charge >= 0.3 is 0 Å². The number of hydrogen-bond donors (Lipinski definition) is 0. The van der Waals surface area contributed by atoms with E-state index in [1.807, 2.05) is 0 Å². The fourth-order valence-electron chi connectivity index (χ4n) is 6.72. The zero-order valence-electron chi connectivity index (χ0n) is 47.9. The van der Waals surface area contributed by atoms with Crippen LogP contribution in [0.25, 0.3) is 97.4 Å². The largest absolute Gasteiger partial charge is 0.309 e. The molecule has 0 radical (unpaired) electrons. The van der Waals surface area contributed by atoms with Gasteiger partial charge in [-0.2, -0.15) is 0 Å². The molecular formula is C48H30N2S. The van der Waals surface area contributed by atoms with E-state index in [0.717, 1.165) is 28.0 Å². The molecule has 3 heteroatoms. The Morgan fingerprint density at radius 1 is 0.431 bits per heavy atom. The SMILES string of the molecule is [2H]c1cc(-c2c([2H])c([2H])c([2H])c3sc4c(-n5c6c([2H])c([2H])c([2H])c([2H])c6c6c([2H])c(-c7cc([2H])c8c(c7[2H])c7c([2H])c([2H])c([2H])c([2H])c7n8-c7ccccc7)c([2H])c([2H])c65)cc([2H])c([2H])c4c23)c([2H])c([2H])c1[2H]. The Morgan fingerprint density at radius 2 is 1.14 bits per heavy atom. The third-order valence-electron chi connectivity index (χ3n) is 8.88. The van der Waals surface area contributed by atoms with E-state index in [4.69, 9.17) is 19.2 Å². The molecule has 0 saturated carbocycles. The molecule has 3 aromatic heterocycles. The predicted octanol–water partition coefficient (Wildman–Crippen LogP) is 13.6. The van der Waals surface area contributed by atoms with E-state index >= 15 is 0 Å². The van der Waals surface area contributed by atoms with Crippen LogP contribution in [0, 0.1) is 0 Å². The number of thiophene rings is 1. The van der Waals surface area contributed by atoms with Crippen LogP contribution in [0.5, 0.6) is 0 Å². The maximum absolute atomic E-state index is 9.94. The lowest BCUT2D eigenvalue weighted by atomic mass is 9.99. The summed E-state index contributed by atoms with van der Waals surface area (Å²) in [7, 11) is 0. The van der Waals surface area contributed by atoms with E-state index < -0.39 is 132 Å². The number of para-hydroxylation sites is 3. The normalized spacial score (nSPS) is 18.0. The molecule has 0 atom stereocenters. The number of nitrogens with zero attached hydrogens (tertiary/aromatic N) is 2. The van der Waals surface area contributed by atoms with Gasteiger partial charge in [0.05, 0.1) is 62.6 Å². The van der Waals surface area contributed by atoms with E-state index in [0.29, 0.717) is 5.69 Å².